The van der Waals surface area contributed by atoms with Gasteiger partial charge < -0.3 is 9.30 Å². The number of aromatic nitrogens is 2. The van der Waals surface area contributed by atoms with Crippen LogP contribution in [0.1, 0.15) is 19.7 Å². The minimum atomic E-state index is -3.69. The highest BCUT2D eigenvalue weighted by atomic mass is 32.2. The number of imidazole rings is 1. The van der Waals surface area contributed by atoms with Gasteiger partial charge in [0.1, 0.15) is 5.82 Å². The van der Waals surface area contributed by atoms with E-state index in [0.29, 0.717) is 12.4 Å². The number of esters is 1. The number of carbonyl (C=O) groups is 1. The predicted molar refractivity (Wildman–Crippen MR) is 73.6 cm³/mol. The lowest BCUT2D eigenvalue weighted by molar-refractivity contribution is -0.144. The van der Waals surface area contributed by atoms with Crippen molar-refractivity contribution in [2.75, 3.05) is 20.7 Å². The van der Waals surface area contributed by atoms with Crippen molar-refractivity contribution in [1.29, 1.82) is 0 Å². The van der Waals surface area contributed by atoms with Crippen molar-refractivity contribution in [2.45, 2.75) is 32.3 Å². The van der Waals surface area contributed by atoms with Crippen molar-refractivity contribution >= 4 is 16.0 Å². The van der Waals surface area contributed by atoms with E-state index in [-0.39, 0.29) is 11.6 Å². The summed E-state index contributed by atoms with van der Waals surface area (Å²) in [6, 6.07) is 0. The van der Waals surface area contributed by atoms with E-state index in [1.165, 1.54) is 20.4 Å². The lowest BCUT2D eigenvalue weighted by Gasteiger charge is -2.18. The monoisotopic (exact) mass is 303 g/mol. The quantitative estimate of drug-likeness (QED) is 0.720. The van der Waals surface area contributed by atoms with E-state index >= 15 is 0 Å². The molecule has 0 amide bonds. The molecule has 0 aliphatic carbocycles. The zero-order valence-electron chi connectivity index (χ0n) is 12.5. The van der Waals surface area contributed by atoms with Gasteiger partial charge in [-0.3, -0.25) is 4.79 Å². The van der Waals surface area contributed by atoms with Crippen LogP contribution < -0.4 is 0 Å². The Bertz CT molecular complexity index is 580. The number of carbonyl (C=O) groups excluding carboxylic acids is 1. The van der Waals surface area contributed by atoms with E-state index in [9.17, 15) is 13.2 Å². The molecule has 7 nitrogen and oxygen atoms in total. The average molecular weight is 303 g/mol. The topological polar surface area (TPSA) is 81.5 Å². The molecule has 0 fully saturated rings. The van der Waals surface area contributed by atoms with Gasteiger partial charge >= 0.3 is 5.97 Å². The highest BCUT2D eigenvalue weighted by Crippen LogP contribution is 2.15. The van der Waals surface area contributed by atoms with E-state index in [1.54, 1.807) is 18.4 Å². The van der Waals surface area contributed by atoms with Crippen molar-refractivity contribution in [3.8, 4) is 0 Å². The summed E-state index contributed by atoms with van der Waals surface area (Å²) >= 11 is 0. The van der Waals surface area contributed by atoms with Gasteiger partial charge in [-0.05, 0) is 13.8 Å². The van der Waals surface area contributed by atoms with E-state index in [1.807, 2.05) is 6.92 Å². The number of rotatable bonds is 6. The highest BCUT2D eigenvalue weighted by Gasteiger charge is 2.27. The first-order chi connectivity index (χ1) is 9.23. The summed E-state index contributed by atoms with van der Waals surface area (Å²) in [6.07, 6.45) is 1.50. The van der Waals surface area contributed by atoms with Crippen LogP contribution in [0.25, 0.3) is 0 Å². The first-order valence-corrected chi connectivity index (χ1v) is 7.76. The Kier molecular flexibility index (Phi) is 5.29. The van der Waals surface area contributed by atoms with Gasteiger partial charge in [0.15, 0.2) is 5.03 Å². The molecule has 20 heavy (non-hydrogen) atoms. The molecule has 1 aromatic rings. The van der Waals surface area contributed by atoms with Crippen LogP contribution in [0.15, 0.2) is 11.2 Å². The van der Waals surface area contributed by atoms with E-state index in [0.717, 1.165) is 4.31 Å². The molecule has 0 N–H and O–H groups in total. The number of methoxy groups -OCH3 is 1. The van der Waals surface area contributed by atoms with Crippen molar-refractivity contribution < 1.29 is 17.9 Å². The summed E-state index contributed by atoms with van der Waals surface area (Å²) in [5, 5.41) is -0.00332. The first kappa shape index (κ1) is 16.6. The molecule has 1 unspecified atom stereocenters. The maximum Gasteiger partial charge on any atom is 0.309 e. The van der Waals surface area contributed by atoms with Gasteiger partial charge in [0.25, 0.3) is 10.0 Å². The Hall–Kier alpha value is -1.41. The molecule has 8 heteroatoms. The molecule has 0 aromatic carbocycles. The second-order valence-electron chi connectivity index (χ2n) is 4.62. The summed E-state index contributed by atoms with van der Waals surface area (Å²) in [6.45, 7) is 5.98. The maximum absolute atomic E-state index is 12.4. The van der Waals surface area contributed by atoms with Crippen LogP contribution in [0.5, 0.6) is 0 Å². The van der Waals surface area contributed by atoms with Gasteiger partial charge in [-0.15, -0.1) is 0 Å². The molecular weight excluding hydrogens is 282 g/mol. The second kappa shape index (κ2) is 6.36. The zero-order chi connectivity index (χ0) is 15.5. The summed E-state index contributed by atoms with van der Waals surface area (Å²) in [4.78, 5) is 15.4. The SMILES string of the molecule is CCn1cc(S(=O)(=O)N(C)CC(C)C(=O)OC)nc1C. The molecule has 0 saturated carbocycles. The lowest BCUT2D eigenvalue weighted by atomic mass is 10.2. The standard InChI is InChI=1S/C12H21N3O4S/c1-6-15-8-11(13-10(15)3)20(17,18)14(4)7-9(2)12(16)19-5/h8-9H,6-7H2,1-5H3. The van der Waals surface area contributed by atoms with Crippen LogP contribution in [-0.2, 0) is 26.1 Å². The van der Waals surface area contributed by atoms with Crippen molar-refractivity contribution in [3.05, 3.63) is 12.0 Å². The summed E-state index contributed by atoms with van der Waals surface area (Å²) < 4.78 is 32.2. The Morgan fingerprint density at radius 3 is 2.60 bits per heavy atom. The molecule has 0 aliphatic rings. The van der Waals surface area contributed by atoms with Crippen LogP contribution in [0.3, 0.4) is 0 Å². The molecule has 1 heterocycles. The van der Waals surface area contributed by atoms with Crippen molar-refractivity contribution in [3.63, 3.8) is 0 Å². The minimum absolute atomic E-state index is 0.00332. The first-order valence-electron chi connectivity index (χ1n) is 6.32. The molecule has 0 radical (unpaired) electrons. The third-order valence-corrected chi connectivity index (χ3v) is 4.80. The van der Waals surface area contributed by atoms with Gasteiger partial charge in [-0.1, -0.05) is 6.92 Å². The van der Waals surface area contributed by atoms with Gasteiger partial charge in [0.05, 0.1) is 13.0 Å². The van der Waals surface area contributed by atoms with E-state index < -0.39 is 21.9 Å². The van der Waals surface area contributed by atoms with E-state index in [2.05, 4.69) is 9.72 Å². The normalized spacial score (nSPS) is 13.5. The number of sulfonamides is 1. The Balaban J connectivity index is 2.95. The minimum Gasteiger partial charge on any atom is -0.469 e. The van der Waals surface area contributed by atoms with Crippen LogP contribution in [0, 0.1) is 12.8 Å². The third-order valence-electron chi connectivity index (χ3n) is 3.10. The number of aryl methyl sites for hydroxylation is 2. The number of ether oxygens (including phenoxy) is 1. The van der Waals surface area contributed by atoms with Crippen molar-refractivity contribution in [2.24, 2.45) is 5.92 Å². The van der Waals surface area contributed by atoms with Gasteiger partial charge in [-0.25, -0.2) is 13.4 Å². The molecule has 0 spiro atoms. The number of hydrogen-bond donors (Lipinski definition) is 0. The fourth-order valence-electron chi connectivity index (χ4n) is 1.84. The summed E-state index contributed by atoms with van der Waals surface area (Å²) in [5.74, 6) is -0.336. The fourth-order valence-corrected chi connectivity index (χ4v) is 3.09. The van der Waals surface area contributed by atoms with Crippen LogP contribution >= 0.6 is 0 Å². The average Bonchev–Trinajstić information content (AvgIpc) is 2.79. The lowest BCUT2D eigenvalue weighted by Crippen LogP contribution is -2.34. The molecule has 0 aliphatic heterocycles. The molecule has 114 valence electrons. The number of hydrogen-bond acceptors (Lipinski definition) is 5. The van der Waals surface area contributed by atoms with Gasteiger partial charge in [-0.2, -0.15) is 4.31 Å². The Morgan fingerprint density at radius 2 is 2.15 bits per heavy atom. The van der Waals surface area contributed by atoms with E-state index in [4.69, 9.17) is 0 Å². The van der Waals surface area contributed by atoms with Gasteiger partial charge in [0.2, 0.25) is 0 Å². The third kappa shape index (κ3) is 3.37. The molecule has 0 saturated heterocycles. The smallest absolute Gasteiger partial charge is 0.309 e. The van der Waals surface area contributed by atoms with Crippen LogP contribution in [-0.4, -0.2) is 48.9 Å². The maximum atomic E-state index is 12.4. The fraction of sp³-hybridized carbons (Fsp3) is 0.667. The predicted octanol–water partition coefficient (Wildman–Crippen LogP) is 0.641. The van der Waals surface area contributed by atoms with Crippen LogP contribution in [0.2, 0.25) is 0 Å². The summed E-state index contributed by atoms with van der Waals surface area (Å²) in [7, 11) is -0.991. The van der Waals surface area contributed by atoms with Gasteiger partial charge in [0, 0.05) is 26.3 Å². The highest BCUT2D eigenvalue weighted by molar-refractivity contribution is 7.89. The number of nitrogens with zero attached hydrogens (tertiary/aromatic N) is 3. The van der Waals surface area contributed by atoms with Crippen LogP contribution in [0.4, 0.5) is 0 Å². The molecule has 1 rings (SSSR count). The largest absolute Gasteiger partial charge is 0.469 e. The van der Waals surface area contributed by atoms with Crippen molar-refractivity contribution in [1.82, 2.24) is 13.9 Å². The Labute approximate surface area is 119 Å². The molecular formula is C12H21N3O4S. The second-order valence-corrected chi connectivity index (χ2v) is 6.61. The molecule has 1 atom stereocenters. The Morgan fingerprint density at radius 1 is 1.55 bits per heavy atom. The summed E-state index contributed by atoms with van der Waals surface area (Å²) in [5.41, 5.74) is 0. The molecule has 1 aromatic heterocycles. The zero-order valence-corrected chi connectivity index (χ0v) is 13.3. The molecule has 0 bridgehead atoms.